The Morgan fingerprint density at radius 1 is 0.462 bits per heavy atom. The highest BCUT2D eigenvalue weighted by atomic mass is 13.8. The van der Waals surface area contributed by atoms with Crippen LogP contribution in [-0.4, -0.2) is 0 Å². The van der Waals surface area contributed by atoms with E-state index in [1.54, 1.807) is 0 Å². The molecular formula is C13H16. The van der Waals surface area contributed by atoms with Crippen molar-refractivity contribution in [2.24, 2.45) is 0 Å². The van der Waals surface area contributed by atoms with E-state index in [1.807, 2.05) is 12.2 Å². The highest BCUT2D eigenvalue weighted by Crippen LogP contribution is 1.96. The molecule has 0 fully saturated rings. The first-order chi connectivity index (χ1) is 6.50. The molecule has 0 radical (unpaired) electrons. The minimum atomic E-state index is 1.04. The van der Waals surface area contributed by atoms with Crippen molar-refractivity contribution in [3.63, 3.8) is 0 Å². The first-order valence-electron chi connectivity index (χ1n) is 4.80. The summed E-state index contributed by atoms with van der Waals surface area (Å²) in [4.78, 5) is 0. The molecule has 0 heteroatoms. The van der Waals surface area contributed by atoms with Crippen molar-refractivity contribution >= 4 is 0 Å². The minimum absolute atomic E-state index is 1.04. The zero-order valence-electron chi connectivity index (χ0n) is 7.89. The van der Waals surface area contributed by atoms with Gasteiger partial charge in [0.2, 0.25) is 0 Å². The maximum absolute atomic E-state index is 2.24. The molecule has 0 unspecified atom stereocenters. The van der Waals surface area contributed by atoms with Gasteiger partial charge in [0.15, 0.2) is 0 Å². The molecule has 1 aliphatic carbocycles. The van der Waals surface area contributed by atoms with Crippen LogP contribution in [0.2, 0.25) is 0 Å². The Hall–Kier alpha value is -1.30. The monoisotopic (exact) mass is 172 g/mol. The van der Waals surface area contributed by atoms with E-state index < -0.39 is 0 Å². The second kappa shape index (κ2) is 7.35. The first kappa shape index (κ1) is 9.79. The summed E-state index contributed by atoms with van der Waals surface area (Å²) in [5.41, 5.74) is 0. The Labute approximate surface area is 80.7 Å². The smallest absolute Gasteiger partial charge is 0.0166 e. The van der Waals surface area contributed by atoms with Crippen molar-refractivity contribution in [2.45, 2.75) is 19.3 Å². The van der Waals surface area contributed by atoms with Gasteiger partial charge in [-0.2, -0.15) is 0 Å². The molecule has 68 valence electrons. The third-order valence-electron chi connectivity index (χ3n) is 1.77. The van der Waals surface area contributed by atoms with E-state index in [2.05, 4.69) is 48.6 Å². The van der Waals surface area contributed by atoms with Gasteiger partial charge in [-0.1, -0.05) is 60.8 Å². The molecule has 1 rings (SSSR count). The van der Waals surface area contributed by atoms with Crippen LogP contribution in [0.3, 0.4) is 0 Å². The zero-order chi connectivity index (χ0) is 9.19. The number of rotatable bonds is 0. The number of hydrogen-bond acceptors (Lipinski definition) is 0. The fraction of sp³-hybridized carbons (Fsp3) is 0.231. The van der Waals surface area contributed by atoms with Gasteiger partial charge in [-0.05, 0) is 19.3 Å². The van der Waals surface area contributed by atoms with E-state index in [4.69, 9.17) is 0 Å². The molecule has 0 aromatic heterocycles. The van der Waals surface area contributed by atoms with Gasteiger partial charge in [0, 0.05) is 0 Å². The summed E-state index contributed by atoms with van der Waals surface area (Å²) in [5.74, 6) is 0. The largest absolute Gasteiger partial charge is 0.0879 e. The average molecular weight is 172 g/mol. The standard InChI is InChI=1S/C13H16/c1-2-4-6-8-10-12-13-11-9-7-5-3-1/h1-8,11,13H,9-10,12H2/b3-1-,4-2+,7-5+,8-6+,13-11+. The number of hydrogen-bond donors (Lipinski definition) is 0. The van der Waals surface area contributed by atoms with E-state index in [0.29, 0.717) is 0 Å². The zero-order valence-corrected chi connectivity index (χ0v) is 7.89. The summed E-state index contributed by atoms with van der Waals surface area (Å²) < 4.78 is 0. The van der Waals surface area contributed by atoms with Gasteiger partial charge in [-0.25, -0.2) is 0 Å². The fourth-order valence-electron chi connectivity index (χ4n) is 1.07. The Bertz CT molecular complexity index is 249. The van der Waals surface area contributed by atoms with E-state index in [9.17, 15) is 0 Å². The van der Waals surface area contributed by atoms with Crippen molar-refractivity contribution < 1.29 is 0 Å². The van der Waals surface area contributed by atoms with Gasteiger partial charge in [0.05, 0.1) is 0 Å². The summed E-state index contributed by atoms with van der Waals surface area (Å²) in [6.45, 7) is 0. The highest BCUT2D eigenvalue weighted by molar-refractivity contribution is 5.16. The fourth-order valence-corrected chi connectivity index (χ4v) is 1.07. The molecule has 0 aliphatic heterocycles. The average Bonchev–Trinajstić information content (AvgIpc) is 2.18. The lowest BCUT2D eigenvalue weighted by molar-refractivity contribution is 1.04. The van der Waals surface area contributed by atoms with Crippen molar-refractivity contribution in [1.82, 2.24) is 0 Å². The molecule has 0 spiro atoms. The lowest BCUT2D eigenvalue weighted by atomic mass is 10.2. The molecule has 0 N–H and O–H groups in total. The van der Waals surface area contributed by atoms with Crippen LogP contribution in [0, 0.1) is 0 Å². The van der Waals surface area contributed by atoms with Crippen LogP contribution >= 0.6 is 0 Å². The van der Waals surface area contributed by atoms with Crippen LogP contribution in [0.5, 0.6) is 0 Å². The van der Waals surface area contributed by atoms with E-state index in [-0.39, 0.29) is 0 Å². The predicted molar refractivity (Wildman–Crippen MR) is 59.6 cm³/mol. The van der Waals surface area contributed by atoms with Crippen LogP contribution in [0.1, 0.15) is 19.3 Å². The second-order valence-corrected chi connectivity index (χ2v) is 2.91. The summed E-state index contributed by atoms with van der Waals surface area (Å²) >= 11 is 0. The third-order valence-corrected chi connectivity index (χ3v) is 1.77. The van der Waals surface area contributed by atoms with Crippen molar-refractivity contribution in [3.05, 3.63) is 60.8 Å². The lowest BCUT2D eigenvalue weighted by Gasteiger charge is -1.84. The highest BCUT2D eigenvalue weighted by Gasteiger charge is 1.76. The van der Waals surface area contributed by atoms with Gasteiger partial charge < -0.3 is 0 Å². The van der Waals surface area contributed by atoms with Crippen LogP contribution in [0.4, 0.5) is 0 Å². The summed E-state index contributed by atoms with van der Waals surface area (Å²) in [6.07, 6.45) is 24.5. The maximum atomic E-state index is 2.24. The topological polar surface area (TPSA) is 0 Å². The molecule has 13 heavy (non-hydrogen) atoms. The predicted octanol–water partition coefficient (Wildman–Crippen LogP) is 3.95. The van der Waals surface area contributed by atoms with E-state index >= 15 is 0 Å². The Kier molecular flexibility index (Phi) is 5.54. The van der Waals surface area contributed by atoms with Gasteiger partial charge in [0.1, 0.15) is 0 Å². The molecule has 0 aromatic carbocycles. The Morgan fingerprint density at radius 2 is 1.08 bits per heavy atom. The molecule has 0 saturated carbocycles. The van der Waals surface area contributed by atoms with Crippen LogP contribution in [-0.2, 0) is 0 Å². The minimum Gasteiger partial charge on any atom is -0.0879 e. The van der Waals surface area contributed by atoms with Crippen molar-refractivity contribution in [3.8, 4) is 0 Å². The quantitative estimate of drug-likeness (QED) is 0.485. The number of allylic oxidation sites excluding steroid dienone is 10. The van der Waals surface area contributed by atoms with Crippen molar-refractivity contribution in [1.29, 1.82) is 0 Å². The maximum Gasteiger partial charge on any atom is -0.0166 e. The molecule has 0 saturated heterocycles. The van der Waals surface area contributed by atoms with Crippen LogP contribution in [0.25, 0.3) is 0 Å². The Balaban J connectivity index is 2.50. The van der Waals surface area contributed by atoms with Gasteiger partial charge in [0.25, 0.3) is 0 Å². The molecular weight excluding hydrogens is 156 g/mol. The molecule has 0 aromatic rings. The SMILES string of the molecule is C1=C\C=C\C/C=C/CC/C=C/C=C/1. The van der Waals surface area contributed by atoms with Gasteiger partial charge >= 0.3 is 0 Å². The summed E-state index contributed by atoms with van der Waals surface area (Å²) in [7, 11) is 0. The summed E-state index contributed by atoms with van der Waals surface area (Å²) in [6, 6.07) is 0. The van der Waals surface area contributed by atoms with Gasteiger partial charge in [-0.15, -0.1) is 0 Å². The van der Waals surface area contributed by atoms with Crippen molar-refractivity contribution in [2.75, 3.05) is 0 Å². The van der Waals surface area contributed by atoms with E-state index in [0.717, 1.165) is 19.3 Å². The molecule has 0 atom stereocenters. The van der Waals surface area contributed by atoms with Crippen LogP contribution < -0.4 is 0 Å². The normalized spacial score (nSPS) is 30.2. The summed E-state index contributed by atoms with van der Waals surface area (Å²) in [5, 5.41) is 0. The van der Waals surface area contributed by atoms with E-state index in [1.165, 1.54) is 0 Å². The lowest BCUT2D eigenvalue weighted by Crippen LogP contribution is -1.64. The first-order valence-corrected chi connectivity index (χ1v) is 4.80. The molecule has 0 nitrogen and oxygen atoms in total. The molecule has 1 aliphatic rings. The Morgan fingerprint density at radius 3 is 1.92 bits per heavy atom. The second-order valence-electron chi connectivity index (χ2n) is 2.91. The third kappa shape index (κ3) is 5.92. The van der Waals surface area contributed by atoms with Crippen LogP contribution in [0.15, 0.2) is 60.8 Å². The molecule has 0 heterocycles. The molecule has 0 amide bonds. The van der Waals surface area contributed by atoms with Gasteiger partial charge in [-0.3, -0.25) is 0 Å². The molecule has 0 bridgehead atoms.